The highest BCUT2D eigenvalue weighted by Gasteiger charge is 2.14. The Morgan fingerprint density at radius 3 is 2.67 bits per heavy atom. The molecule has 0 unspecified atom stereocenters. The van der Waals surface area contributed by atoms with Gasteiger partial charge in [0.05, 0.1) is 11.3 Å². The minimum atomic E-state index is -0.181. The van der Waals surface area contributed by atoms with Crippen LogP contribution in [-0.2, 0) is 6.42 Å². The topological polar surface area (TPSA) is 46.9 Å². The number of hydrogen-bond acceptors (Lipinski definition) is 2. The van der Waals surface area contributed by atoms with E-state index in [0.717, 1.165) is 22.3 Å². The molecule has 0 aliphatic carbocycles. The molecule has 0 spiro atoms. The Hall–Kier alpha value is -2.40. The molecule has 24 heavy (non-hydrogen) atoms. The van der Waals surface area contributed by atoms with Gasteiger partial charge in [0, 0.05) is 16.2 Å². The second-order valence-corrected chi connectivity index (χ2v) is 6.41. The van der Waals surface area contributed by atoms with Crippen LogP contribution in [0, 0.1) is 6.92 Å². The summed E-state index contributed by atoms with van der Waals surface area (Å²) in [6, 6.07) is 17.4. The number of anilines is 1. The van der Waals surface area contributed by atoms with Crippen molar-refractivity contribution in [2.75, 3.05) is 5.32 Å². The number of nitrogens with zero attached hydrogens (tertiary/aromatic N) is 2. The maximum absolute atomic E-state index is 12.4. The van der Waals surface area contributed by atoms with Crippen molar-refractivity contribution in [1.29, 1.82) is 0 Å². The fourth-order valence-electron chi connectivity index (χ4n) is 2.54. The molecule has 4 nitrogen and oxygen atoms in total. The van der Waals surface area contributed by atoms with Crippen LogP contribution < -0.4 is 5.32 Å². The quantitative estimate of drug-likeness (QED) is 0.705. The highest BCUT2D eigenvalue weighted by molar-refractivity contribution is 9.10. The molecule has 1 amide bonds. The molecule has 122 valence electrons. The zero-order chi connectivity index (χ0) is 17.1. The van der Waals surface area contributed by atoms with Gasteiger partial charge in [-0.2, -0.15) is 0 Å². The zero-order valence-electron chi connectivity index (χ0n) is 13.6. The van der Waals surface area contributed by atoms with E-state index in [1.54, 1.807) is 6.07 Å². The minimum Gasteiger partial charge on any atom is -0.305 e. The molecule has 0 fully saturated rings. The molecule has 0 aliphatic heterocycles. The summed E-state index contributed by atoms with van der Waals surface area (Å²) in [5.41, 5.74) is 3.79. The first kappa shape index (κ1) is 16.5. The lowest BCUT2D eigenvalue weighted by Gasteiger charge is -2.06. The maximum Gasteiger partial charge on any atom is 0.258 e. The third-order valence-corrected chi connectivity index (χ3v) is 4.44. The summed E-state index contributed by atoms with van der Waals surface area (Å²) >= 11 is 3.40. The van der Waals surface area contributed by atoms with Gasteiger partial charge in [0.2, 0.25) is 0 Å². The van der Waals surface area contributed by atoms with Crippen LogP contribution >= 0.6 is 15.9 Å². The highest BCUT2D eigenvalue weighted by atomic mass is 79.9. The first-order chi connectivity index (χ1) is 11.6. The lowest BCUT2D eigenvalue weighted by molar-refractivity contribution is 0.102. The molecule has 0 saturated carbocycles. The number of nitrogens with one attached hydrogen (secondary N) is 1. The number of aromatic nitrogens is 2. The lowest BCUT2D eigenvalue weighted by Crippen LogP contribution is -2.13. The van der Waals surface area contributed by atoms with E-state index in [0.29, 0.717) is 11.4 Å². The third kappa shape index (κ3) is 3.41. The molecule has 1 aromatic heterocycles. The Kier molecular flexibility index (Phi) is 4.81. The number of amides is 1. The smallest absolute Gasteiger partial charge is 0.258 e. The second kappa shape index (κ2) is 7.01. The first-order valence-electron chi connectivity index (χ1n) is 7.80. The Bertz CT molecular complexity index is 886. The molecule has 0 atom stereocenters. The summed E-state index contributed by atoms with van der Waals surface area (Å²) in [6.07, 6.45) is 0.825. The number of hydrogen-bond donors (Lipinski definition) is 1. The summed E-state index contributed by atoms with van der Waals surface area (Å²) in [4.78, 5) is 12.4. The monoisotopic (exact) mass is 383 g/mol. The van der Waals surface area contributed by atoms with Gasteiger partial charge in [-0.05, 0) is 59.1 Å². The second-order valence-electron chi connectivity index (χ2n) is 5.56. The predicted octanol–water partition coefficient (Wildman–Crippen LogP) is 4.76. The van der Waals surface area contributed by atoms with E-state index in [9.17, 15) is 4.79 Å². The van der Waals surface area contributed by atoms with Crippen LogP contribution in [0.1, 0.15) is 28.5 Å². The van der Waals surface area contributed by atoms with Gasteiger partial charge < -0.3 is 5.32 Å². The van der Waals surface area contributed by atoms with Crippen molar-refractivity contribution in [3.8, 4) is 5.69 Å². The normalized spacial score (nSPS) is 10.6. The van der Waals surface area contributed by atoms with Crippen LogP contribution in [0.15, 0.2) is 59.1 Å². The molecule has 1 heterocycles. The van der Waals surface area contributed by atoms with Crippen molar-refractivity contribution in [2.45, 2.75) is 20.3 Å². The standard InChI is InChI=1S/C19H18BrN3O/c1-3-14-12-18(21-19(24)16-9-4-5-10-17(16)20)22-23(14)15-8-6-7-13(2)11-15/h4-12H,3H2,1-2H3,(H,21,22,24). The van der Waals surface area contributed by atoms with Gasteiger partial charge in [-0.15, -0.1) is 5.10 Å². The third-order valence-electron chi connectivity index (χ3n) is 3.75. The van der Waals surface area contributed by atoms with E-state index in [2.05, 4.69) is 39.3 Å². The molecule has 5 heteroatoms. The molecular formula is C19H18BrN3O. The largest absolute Gasteiger partial charge is 0.305 e. The van der Waals surface area contributed by atoms with Crippen LogP contribution in [0.25, 0.3) is 5.69 Å². The molecule has 0 aliphatic rings. The van der Waals surface area contributed by atoms with E-state index >= 15 is 0 Å². The minimum absolute atomic E-state index is 0.181. The van der Waals surface area contributed by atoms with E-state index in [1.807, 2.05) is 54.1 Å². The van der Waals surface area contributed by atoms with Gasteiger partial charge >= 0.3 is 0 Å². The summed E-state index contributed by atoms with van der Waals surface area (Å²) in [5, 5.41) is 7.43. The van der Waals surface area contributed by atoms with Crippen LogP contribution in [0.4, 0.5) is 5.82 Å². The average Bonchev–Trinajstić information content (AvgIpc) is 2.98. The predicted molar refractivity (Wildman–Crippen MR) is 99.8 cm³/mol. The van der Waals surface area contributed by atoms with Crippen molar-refractivity contribution in [3.63, 3.8) is 0 Å². The van der Waals surface area contributed by atoms with Gasteiger partial charge in [-0.3, -0.25) is 4.79 Å². The molecule has 3 aromatic rings. The van der Waals surface area contributed by atoms with Crippen molar-refractivity contribution in [2.24, 2.45) is 0 Å². The van der Waals surface area contributed by atoms with Crippen LogP contribution in [-0.4, -0.2) is 15.7 Å². The van der Waals surface area contributed by atoms with Crippen LogP contribution in [0.2, 0.25) is 0 Å². The average molecular weight is 384 g/mol. The fourth-order valence-corrected chi connectivity index (χ4v) is 3.01. The van der Waals surface area contributed by atoms with Gasteiger partial charge in [-0.1, -0.05) is 31.2 Å². The highest BCUT2D eigenvalue weighted by Crippen LogP contribution is 2.20. The molecule has 0 saturated heterocycles. The number of rotatable bonds is 4. The van der Waals surface area contributed by atoms with Gasteiger partial charge in [-0.25, -0.2) is 4.68 Å². The molecule has 0 bridgehead atoms. The molecule has 2 aromatic carbocycles. The number of carbonyl (C=O) groups excluding carboxylic acids is 1. The number of carbonyl (C=O) groups is 1. The number of benzene rings is 2. The van der Waals surface area contributed by atoms with E-state index in [-0.39, 0.29) is 5.91 Å². The molecule has 3 rings (SSSR count). The molecule has 0 radical (unpaired) electrons. The summed E-state index contributed by atoms with van der Waals surface area (Å²) in [7, 11) is 0. The van der Waals surface area contributed by atoms with Gasteiger partial charge in [0.1, 0.15) is 0 Å². The van der Waals surface area contributed by atoms with Crippen molar-refractivity contribution >= 4 is 27.7 Å². The van der Waals surface area contributed by atoms with Crippen molar-refractivity contribution in [1.82, 2.24) is 9.78 Å². The Balaban J connectivity index is 1.90. The molecule has 1 N–H and O–H groups in total. The molecular weight excluding hydrogens is 366 g/mol. The Morgan fingerprint density at radius 2 is 1.96 bits per heavy atom. The van der Waals surface area contributed by atoms with E-state index < -0.39 is 0 Å². The SMILES string of the molecule is CCc1cc(NC(=O)c2ccccc2Br)nn1-c1cccc(C)c1. The summed E-state index contributed by atoms with van der Waals surface area (Å²) < 4.78 is 2.64. The fraction of sp³-hybridized carbons (Fsp3) is 0.158. The zero-order valence-corrected chi connectivity index (χ0v) is 15.2. The maximum atomic E-state index is 12.4. The van der Waals surface area contributed by atoms with E-state index in [1.165, 1.54) is 5.56 Å². The number of aryl methyl sites for hydroxylation is 2. The Labute approximate surface area is 149 Å². The van der Waals surface area contributed by atoms with Crippen molar-refractivity contribution in [3.05, 3.63) is 75.9 Å². The lowest BCUT2D eigenvalue weighted by atomic mass is 10.2. The van der Waals surface area contributed by atoms with Gasteiger partial charge in [0.15, 0.2) is 5.82 Å². The summed E-state index contributed by atoms with van der Waals surface area (Å²) in [5.74, 6) is 0.369. The number of halogens is 1. The van der Waals surface area contributed by atoms with Crippen molar-refractivity contribution < 1.29 is 4.79 Å². The van der Waals surface area contributed by atoms with E-state index in [4.69, 9.17) is 0 Å². The van der Waals surface area contributed by atoms with Gasteiger partial charge in [0.25, 0.3) is 5.91 Å². The Morgan fingerprint density at radius 1 is 1.17 bits per heavy atom. The summed E-state index contributed by atoms with van der Waals surface area (Å²) in [6.45, 7) is 4.12. The first-order valence-corrected chi connectivity index (χ1v) is 8.59. The van der Waals surface area contributed by atoms with Crippen LogP contribution in [0.5, 0.6) is 0 Å². The van der Waals surface area contributed by atoms with Crippen LogP contribution in [0.3, 0.4) is 0 Å².